The summed E-state index contributed by atoms with van der Waals surface area (Å²) in [6.45, 7) is 5.88. The minimum Gasteiger partial charge on any atom is -0.344 e. The Morgan fingerprint density at radius 3 is 2.18 bits per heavy atom. The number of benzene rings is 1. The van der Waals surface area contributed by atoms with Gasteiger partial charge in [0.1, 0.15) is 18.6 Å². The molecule has 1 aromatic heterocycles. The number of rotatable bonds is 13. The van der Waals surface area contributed by atoms with Crippen LogP contribution in [0.2, 0.25) is 0 Å². The number of carbonyl (C=O) groups excluding carboxylic acids is 4. The van der Waals surface area contributed by atoms with Gasteiger partial charge in [0.25, 0.3) is 5.82 Å². The van der Waals surface area contributed by atoms with Crippen LogP contribution in [0.15, 0.2) is 30.3 Å². The molecule has 0 bridgehead atoms. The molecule has 3 N–H and O–H groups in total. The first-order valence-electron chi connectivity index (χ1n) is 12.1. The van der Waals surface area contributed by atoms with Crippen LogP contribution in [0.1, 0.15) is 51.9 Å². The number of carbonyl (C=O) groups is 4. The molecule has 1 aromatic carbocycles. The van der Waals surface area contributed by atoms with Crippen LogP contribution < -0.4 is 16.0 Å². The van der Waals surface area contributed by atoms with Crippen molar-refractivity contribution >= 4 is 23.5 Å². The van der Waals surface area contributed by atoms with Crippen molar-refractivity contribution in [3.05, 3.63) is 41.7 Å². The predicted octanol–water partition coefficient (Wildman–Crippen LogP) is 1.43. The van der Waals surface area contributed by atoms with E-state index < -0.39 is 54.3 Å². The van der Waals surface area contributed by atoms with Gasteiger partial charge in [0.05, 0.1) is 6.04 Å². The number of nitrogens with zero attached hydrogens (tertiary/aromatic N) is 4. The van der Waals surface area contributed by atoms with Crippen LogP contribution in [0, 0.1) is 5.92 Å². The quantitative estimate of drug-likeness (QED) is 0.349. The molecule has 0 saturated carbocycles. The fraction of sp³-hybridized carbons (Fsp3) is 0.542. The van der Waals surface area contributed by atoms with E-state index in [1.165, 1.54) is 6.92 Å². The van der Waals surface area contributed by atoms with Gasteiger partial charge in [-0.1, -0.05) is 51.1 Å². The van der Waals surface area contributed by atoms with Gasteiger partial charge < -0.3 is 16.0 Å². The number of Topliss-reactive ketones (excluding diaryl/α,β-unsaturated/α-hetero) is 1. The molecule has 0 saturated heterocycles. The molecule has 11 nitrogen and oxygen atoms in total. The van der Waals surface area contributed by atoms with Crippen molar-refractivity contribution in [1.82, 2.24) is 36.2 Å². The Bertz CT molecular complexity index is 1110. The van der Waals surface area contributed by atoms with Gasteiger partial charge in [-0.3, -0.25) is 19.2 Å². The number of halogens is 3. The first-order valence-corrected chi connectivity index (χ1v) is 12.1. The highest BCUT2D eigenvalue weighted by Crippen LogP contribution is 2.24. The molecule has 0 aliphatic carbocycles. The van der Waals surface area contributed by atoms with Crippen LogP contribution in [-0.4, -0.2) is 61.8 Å². The average Bonchev–Trinajstić information content (AvgIpc) is 3.33. The van der Waals surface area contributed by atoms with E-state index in [1.807, 2.05) is 30.3 Å². The topological polar surface area (TPSA) is 148 Å². The summed E-state index contributed by atoms with van der Waals surface area (Å²) in [6, 6.07) is 6.41. The van der Waals surface area contributed by atoms with E-state index in [0.717, 1.165) is 5.56 Å². The van der Waals surface area contributed by atoms with Crippen molar-refractivity contribution in [3.63, 3.8) is 0 Å². The zero-order chi connectivity index (χ0) is 28.5. The number of alkyl halides is 3. The molecule has 0 fully saturated rings. The summed E-state index contributed by atoms with van der Waals surface area (Å²) in [5, 5.41) is 16.9. The van der Waals surface area contributed by atoms with Gasteiger partial charge in [-0.05, 0) is 36.5 Å². The number of aromatic nitrogens is 4. The Hall–Kier alpha value is -3.84. The number of hydrogen-bond acceptors (Lipinski definition) is 7. The van der Waals surface area contributed by atoms with Crippen LogP contribution in [-0.2, 0) is 38.3 Å². The maximum absolute atomic E-state index is 12.8. The summed E-state index contributed by atoms with van der Waals surface area (Å²) in [6.07, 6.45) is -3.98. The smallest absolute Gasteiger partial charge is 0.344 e. The van der Waals surface area contributed by atoms with E-state index in [0.29, 0.717) is 11.2 Å². The average molecular weight is 540 g/mol. The Morgan fingerprint density at radius 2 is 1.63 bits per heavy atom. The largest absolute Gasteiger partial charge is 0.455 e. The number of nitrogens with one attached hydrogen (secondary N) is 3. The van der Waals surface area contributed by atoms with Gasteiger partial charge in [0.2, 0.25) is 17.7 Å². The van der Waals surface area contributed by atoms with E-state index in [9.17, 15) is 32.3 Å². The van der Waals surface area contributed by atoms with Crippen molar-refractivity contribution in [1.29, 1.82) is 0 Å². The summed E-state index contributed by atoms with van der Waals surface area (Å²) in [5.41, 5.74) is 0.985. The van der Waals surface area contributed by atoms with Gasteiger partial charge in [0.15, 0.2) is 5.78 Å². The van der Waals surface area contributed by atoms with Crippen LogP contribution in [0.5, 0.6) is 0 Å². The van der Waals surface area contributed by atoms with Crippen molar-refractivity contribution < 1.29 is 32.3 Å². The Kier molecular flexibility index (Phi) is 10.9. The van der Waals surface area contributed by atoms with Crippen molar-refractivity contribution in [2.45, 2.75) is 77.8 Å². The molecule has 2 rings (SSSR count). The van der Waals surface area contributed by atoms with Crippen LogP contribution >= 0.6 is 0 Å². The molecule has 1 heterocycles. The molecule has 3 atom stereocenters. The highest BCUT2D eigenvalue weighted by molar-refractivity contribution is 5.94. The highest BCUT2D eigenvalue weighted by Gasteiger charge is 2.37. The van der Waals surface area contributed by atoms with Crippen LogP contribution in [0.4, 0.5) is 13.2 Å². The molecule has 0 aliphatic rings. The molecule has 0 spiro atoms. The van der Waals surface area contributed by atoms with Crippen molar-refractivity contribution in [3.8, 4) is 0 Å². The monoisotopic (exact) mass is 539 g/mol. The fourth-order valence-electron chi connectivity index (χ4n) is 3.43. The van der Waals surface area contributed by atoms with Gasteiger partial charge in [-0.2, -0.15) is 18.0 Å². The fourth-order valence-corrected chi connectivity index (χ4v) is 3.43. The summed E-state index contributed by atoms with van der Waals surface area (Å²) < 4.78 is 37.9. The van der Waals surface area contributed by atoms with E-state index in [2.05, 4.69) is 31.4 Å². The zero-order valence-corrected chi connectivity index (χ0v) is 21.6. The maximum atomic E-state index is 12.8. The van der Waals surface area contributed by atoms with E-state index in [1.54, 1.807) is 20.8 Å². The standard InChI is InChI=1S/C24H32F3N7O4/c1-5-17(18(35)13-34-32-23(31-33-34)24(25,26)27)29-21(37)15(4)28-22(38)20(14(2)3)30-19(36)12-11-16-9-7-6-8-10-16/h6-10,14-15,17,20H,5,11-13H2,1-4H3,(H,28,38)(H,29,37)(H,30,36)/t15-,17?,20-/m0/s1. The minimum atomic E-state index is -4.80. The van der Waals surface area contributed by atoms with Gasteiger partial charge in [-0.25, -0.2) is 0 Å². The summed E-state index contributed by atoms with van der Waals surface area (Å²) in [7, 11) is 0. The number of amides is 3. The second-order valence-corrected chi connectivity index (χ2v) is 9.08. The Morgan fingerprint density at radius 1 is 0.974 bits per heavy atom. The van der Waals surface area contributed by atoms with Gasteiger partial charge in [0, 0.05) is 6.42 Å². The molecule has 3 amide bonds. The SMILES string of the molecule is CCC(NC(=O)[C@H](C)NC(=O)[C@@H](NC(=O)CCc1ccccc1)C(C)C)C(=O)Cn1nnc(C(F)(F)F)n1. The van der Waals surface area contributed by atoms with E-state index in [-0.39, 0.29) is 24.7 Å². The summed E-state index contributed by atoms with van der Waals surface area (Å²) in [5.74, 6) is -3.96. The molecule has 208 valence electrons. The summed E-state index contributed by atoms with van der Waals surface area (Å²) in [4.78, 5) is 50.9. The molecule has 1 unspecified atom stereocenters. The lowest BCUT2D eigenvalue weighted by Crippen LogP contribution is -2.56. The number of ketones is 1. The number of aryl methyl sites for hydroxylation is 1. The van der Waals surface area contributed by atoms with Gasteiger partial charge in [-0.15, -0.1) is 10.2 Å². The zero-order valence-electron chi connectivity index (χ0n) is 21.6. The maximum Gasteiger partial charge on any atom is 0.455 e. The predicted molar refractivity (Wildman–Crippen MR) is 129 cm³/mol. The molecular weight excluding hydrogens is 507 g/mol. The molecule has 14 heteroatoms. The number of hydrogen-bond donors (Lipinski definition) is 3. The molecule has 0 radical (unpaired) electrons. The molecular formula is C24H32F3N7O4. The molecule has 2 aromatic rings. The molecule has 0 aliphatic heterocycles. The van der Waals surface area contributed by atoms with E-state index in [4.69, 9.17) is 0 Å². The third-order valence-corrected chi connectivity index (χ3v) is 5.62. The lowest BCUT2D eigenvalue weighted by Gasteiger charge is -2.25. The van der Waals surface area contributed by atoms with Crippen molar-refractivity contribution in [2.24, 2.45) is 5.92 Å². The first-order chi connectivity index (χ1) is 17.8. The molecule has 38 heavy (non-hydrogen) atoms. The lowest BCUT2D eigenvalue weighted by atomic mass is 10.0. The number of tetrazole rings is 1. The second-order valence-electron chi connectivity index (χ2n) is 9.08. The second kappa shape index (κ2) is 13.6. The highest BCUT2D eigenvalue weighted by atomic mass is 19.4. The first kappa shape index (κ1) is 30.4. The Labute approximate surface area is 217 Å². The third kappa shape index (κ3) is 9.23. The van der Waals surface area contributed by atoms with Crippen LogP contribution in [0.3, 0.4) is 0 Å². The lowest BCUT2D eigenvalue weighted by molar-refractivity contribution is -0.145. The minimum absolute atomic E-state index is 0.137. The van der Waals surface area contributed by atoms with Gasteiger partial charge >= 0.3 is 6.18 Å². The third-order valence-electron chi connectivity index (χ3n) is 5.62. The van der Waals surface area contributed by atoms with Crippen LogP contribution in [0.25, 0.3) is 0 Å². The summed E-state index contributed by atoms with van der Waals surface area (Å²) >= 11 is 0. The normalized spacial score (nSPS) is 13.9. The van der Waals surface area contributed by atoms with E-state index >= 15 is 0 Å². The Balaban J connectivity index is 1.90. The van der Waals surface area contributed by atoms with Crippen molar-refractivity contribution in [2.75, 3.05) is 0 Å².